The largest absolute Gasteiger partial charge is 0.344 e. The van der Waals surface area contributed by atoms with Crippen LogP contribution in [0.1, 0.15) is 40.0 Å². The van der Waals surface area contributed by atoms with Gasteiger partial charge in [-0.15, -0.1) is 11.3 Å². The number of nitrogens with zero attached hydrogens (tertiary/aromatic N) is 5. The van der Waals surface area contributed by atoms with E-state index in [2.05, 4.69) is 19.9 Å². The molecule has 1 saturated heterocycles. The van der Waals surface area contributed by atoms with Gasteiger partial charge in [-0.3, -0.25) is 4.79 Å². The summed E-state index contributed by atoms with van der Waals surface area (Å²) in [5.41, 5.74) is 0. The molecule has 1 unspecified atom stereocenters. The molecular weight excluding hydrogens is 298 g/mol. The highest BCUT2D eigenvalue weighted by Gasteiger charge is 2.29. The second kappa shape index (κ2) is 6.39. The van der Waals surface area contributed by atoms with Crippen LogP contribution < -0.4 is 4.90 Å². The minimum absolute atomic E-state index is 0.00192. The summed E-state index contributed by atoms with van der Waals surface area (Å²) in [7, 11) is 3.51. The number of thiazole rings is 1. The number of hydrogen-bond acceptors (Lipinski definition) is 6. The van der Waals surface area contributed by atoms with Crippen molar-refractivity contribution in [3.05, 3.63) is 34.5 Å². The molecule has 6 nitrogen and oxygen atoms in total. The summed E-state index contributed by atoms with van der Waals surface area (Å²) in [5.74, 6) is 0.741. The number of carbonyl (C=O) groups excluding carboxylic acids is 1. The molecule has 22 heavy (non-hydrogen) atoms. The van der Waals surface area contributed by atoms with E-state index in [-0.39, 0.29) is 11.9 Å². The van der Waals surface area contributed by atoms with Gasteiger partial charge in [-0.25, -0.2) is 15.0 Å². The van der Waals surface area contributed by atoms with Crippen molar-refractivity contribution in [1.29, 1.82) is 0 Å². The third-order valence-corrected chi connectivity index (χ3v) is 4.82. The molecule has 0 aromatic carbocycles. The van der Waals surface area contributed by atoms with Crippen LogP contribution in [0.5, 0.6) is 0 Å². The van der Waals surface area contributed by atoms with Crippen molar-refractivity contribution in [2.45, 2.75) is 25.3 Å². The Morgan fingerprint density at radius 3 is 2.77 bits per heavy atom. The molecule has 1 aliphatic rings. The maximum Gasteiger partial charge on any atom is 0.265 e. The fourth-order valence-electron chi connectivity index (χ4n) is 2.63. The van der Waals surface area contributed by atoms with Gasteiger partial charge in [0.25, 0.3) is 5.91 Å². The van der Waals surface area contributed by atoms with E-state index in [0.717, 1.165) is 36.8 Å². The molecule has 0 saturated carbocycles. The lowest BCUT2D eigenvalue weighted by atomic mass is 10.0. The van der Waals surface area contributed by atoms with Gasteiger partial charge < -0.3 is 9.80 Å². The number of amides is 1. The molecule has 0 bridgehead atoms. The summed E-state index contributed by atoms with van der Waals surface area (Å²) in [5, 5.41) is 0.970. The van der Waals surface area contributed by atoms with Crippen LogP contribution in [0.4, 0.5) is 5.95 Å². The second-order valence-corrected chi connectivity index (χ2v) is 6.58. The molecular formula is C15H19N5OS. The molecule has 1 atom stereocenters. The molecule has 1 amide bonds. The average Bonchev–Trinajstić information content (AvgIpc) is 3.04. The van der Waals surface area contributed by atoms with Crippen LogP contribution >= 0.6 is 11.3 Å². The number of hydrogen-bond donors (Lipinski definition) is 0. The van der Waals surface area contributed by atoms with Crippen molar-refractivity contribution in [1.82, 2.24) is 19.9 Å². The molecule has 0 aliphatic carbocycles. The monoisotopic (exact) mass is 317 g/mol. The van der Waals surface area contributed by atoms with Crippen LogP contribution in [0.15, 0.2) is 24.7 Å². The van der Waals surface area contributed by atoms with Crippen LogP contribution in [0.2, 0.25) is 0 Å². The summed E-state index contributed by atoms with van der Waals surface area (Å²) >= 11 is 1.47. The molecule has 116 valence electrons. The third-order valence-electron chi connectivity index (χ3n) is 3.74. The van der Waals surface area contributed by atoms with Gasteiger partial charge in [0.2, 0.25) is 5.95 Å². The average molecular weight is 317 g/mol. The minimum Gasteiger partial charge on any atom is -0.344 e. The lowest BCUT2D eigenvalue weighted by Gasteiger charge is -2.34. The van der Waals surface area contributed by atoms with Crippen molar-refractivity contribution < 1.29 is 4.79 Å². The van der Waals surface area contributed by atoms with Crippen molar-refractivity contribution in [3.63, 3.8) is 0 Å². The normalized spacial score (nSPS) is 18.3. The summed E-state index contributed by atoms with van der Waals surface area (Å²) in [6, 6.07) is 1.98. The second-order valence-electron chi connectivity index (χ2n) is 5.52. The van der Waals surface area contributed by atoms with Gasteiger partial charge >= 0.3 is 0 Å². The van der Waals surface area contributed by atoms with E-state index in [0.29, 0.717) is 4.88 Å². The summed E-state index contributed by atoms with van der Waals surface area (Å²) in [4.78, 5) is 29.7. The van der Waals surface area contributed by atoms with Gasteiger partial charge in [-0.1, -0.05) is 0 Å². The fourth-order valence-corrected chi connectivity index (χ4v) is 3.72. The lowest BCUT2D eigenvalue weighted by molar-refractivity contribution is 0.0832. The quantitative estimate of drug-likeness (QED) is 0.869. The Morgan fingerprint density at radius 1 is 1.27 bits per heavy atom. The summed E-state index contributed by atoms with van der Waals surface area (Å²) < 4.78 is 0. The Labute approximate surface area is 133 Å². The molecule has 2 aromatic rings. The molecule has 0 spiro atoms. The molecule has 7 heteroatoms. The maximum absolute atomic E-state index is 12.1. The molecule has 1 aliphatic heterocycles. The first-order chi connectivity index (χ1) is 10.7. The minimum atomic E-state index is 0.00192. The van der Waals surface area contributed by atoms with Crippen LogP contribution in [0.25, 0.3) is 0 Å². The van der Waals surface area contributed by atoms with Crippen LogP contribution in [-0.4, -0.2) is 46.4 Å². The van der Waals surface area contributed by atoms with E-state index in [1.165, 1.54) is 11.3 Å². The Morgan fingerprint density at radius 2 is 2.05 bits per heavy atom. The number of anilines is 1. The molecule has 0 N–H and O–H groups in total. The Bertz CT molecular complexity index is 642. The first-order valence-electron chi connectivity index (χ1n) is 7.38. The van der Waals surface area contributed by atoms with Gasteiger partial charge in [-0.2, -0.15) is 0 Å². The fraction of sp³-hybridized carbons (Fsp3) is 0.467. The zero-order valence-corrected chi connectivity index (χ0v) is 13.6. The summed E-state index contributed by atoms with van der Waals surface area (Å²) in [6.45, 7) is 0.922. The third kappa shape index (κ3) is 2.94. The highest BCUT2D eigenvalue weighted by atomic mass is 32.1. The van der Waals surface area contributed by atoms with Gasteiger partial charge in [0.1, 0.15) is 9.88 Å². The van der Waals surface area contributed by atoms with Crippen LogP contribution in [0, 0.1) is 0 Å². The van der Waals surface area contributed by atoms with Crippen LogP contribution in [0.3, 0.4) is 0 Å². The first-order valence-corrected chi connectivity index (χ1v) is 8.19. The van der Waals surface area contributed by atoms with E-state index in [9.17, 15) is 4.79 Å². The van der Waals surface area contributed by atoms with E-state index in [1.54, 1.807) is 37.6 Å². The number of aromatic nitrogens is 3. The van der Waals surface area contributed by atoms with Crippen molar-refractivity contribution in [3.8, 4) is 0 Å². The van der Waals surface area contributed by atoms with Crippen molar-refractivity contribution >= 4 is 23.2 Å². The highest BCUT2D eigenvalue weighted by Crippen LogP contribution is 2.35. The summed E-state index contributed by atoms with van der Waals surface area (Å²) in [6.07, 6.45) is 8.50. The van der Waals surface area contributed by atoms with Crippen molar-refractivity contribution in [2.75, 3.05) is 25.5 Å². The zero-order valence-electron chi connectivity index (χ0n) is 12.8. The topological polar surface area (TPSA) is 62.2 Å². The Hall–Kier alpha value is -2.02. The van der Waals surface area contributed by atoms with Crippen LogP contribution in [-0.2, 0) is 0 Å². The molecule has 1 fully saturated rings. The van der Waals surface area contributed by atoms with E-state index < -0.39 is 0 Å². The SMILES string of the molecule is CN(C)C(=O)c1cnc(C2CCCCN2c2ncccn2)s1. The highest BCUT2D eigenvalue weighted by molar-refractivity contribution is 7.13. The number of carbonyl (C=O) groups is 1. The van der Waals surface area contributed by atoms with Gasteiger partial charge in [0.05, 0.1) is 12.2 Å². The molecule has 2 aromatic heterocycles. The first kappa shape index (κ1) is 14.9. The van der Waals surface area contributed by atoms with Gasteiger partial charge in [-0.05, 0) is 25.3 Å². The number of piperidine rings is 1. The van der Waals surface area contributed by atoms with Gasteiger partial charge in [0.15, 0.2) is 0 Å². The Balaban J connectivity index is 1.87. The predicted octanol–water partition coefficient (Wildman–Crippen LogP) is 2.37. The predicted molar refractivity (Wildman–Crippen MR) is 86.1 cm³/mol. The molecule has 0 radical (unpaired) electrons. The van der Waals surface area contributed by atoms with E-state index >= 15 is 0 Å². The lowest BCUT2D eigenvalue weighted by Crippen LogP contribution is -2.34. The zero-order chi connectivity index (χ0) is 15.5. The molecule has 3 rings (SSSR count). The standard InChI is InChI=1S/C15H19N5OS/c1-19(2)14(21)12-10-18-13(22-12)11-6-3-4-9-20(11)15-16-7-5-8-17-15/h5,7-8,10-11H,3-4,6,9H2,1-2H3. The maximum atomic E-state index is 12.1. The van der Waals surface area contributed by atoms with E-state index in [4.69, 9.17) is 0 Å². The van der Waals surface area contributed by atoms with Gasteiger partial charge in [0, 0.05) is 33.0 Å². The smallest absolute Gasteiger partial charge is 0.265 e. The molecule has 3 heterocycles. The van der Waals surface area contributed by atoms with Crippen molar-refractivity contribution in [2.24, 2.45) is 0 Å². The number of rotatable bonds is 3. The van der Waals surface area contributed by atoms with E-state index in [1.807, 2.05) is 6.07 Å². The Kier molecular flexibility index (Phi) is 4.33.